The second kappa shape index (κ2) is 11.3. The zero-order chi connectivity index (χ0) is 18.7. The zero-order valence-corrected chi connectivity index (χ0v) is 16.8. The minimum absolute atomic E-state index is 0.0127. The number of aliphatic hydroxyl groups excluding tert-OH is 1. The number of hydrogen-bond acceptors (Lipinski definition) is 4. The topological polar surface area (TPSA) is 79.8 Å². The van der Waals surface area contributed by atoms with Crippen molar-refractivity contribution in [2.75, 3.05) is 39.5 Å². The molecule has 0 unspecified atom stereocenters. The Kier molecular flexibility index (Phi) is 9.85. The molecule has 0 aliphatic carbocycles. The minimum Gasteiger partial charge on any atom is -0.492 e. The van der Waals surface area contributed by atoms with Crippen LogP contribution in [-0.4, -0.2) is 50.7 Å². The molecular formula is C18H29BrN2O4. The Morgan fingerprint density at radius 2 is 1.88 bits per heavy atom. The predicted molar refractivity (Wildman–Crippen MR) is 102 cm³/mol. The molecule has 0 spiro atoms. The quantitative estimate of drug-likeness (QED) is 0.512. The highest BCUT2D eigenvalue weighted by atomic mass is 79.9. The van der Waals surface area contributed by atoms with Crippen molar-refractivity contribution in [3.05, 3.63) is 28.2 Å². The van der Waals surface area contributed by atoms with E-state index in [1.807, 2.05) is 6.07 Å². The molecule has 1 aromatic rings. The van der Waals surface area contributed by atoms with Gasteiger partial charge in [-0.15, -0.1) is 0 Å². The Balaban J connectivity index is 2.18. The summed E-state index contributed by atoms with van der Waals surface area (Å²) in [5.74, 6) is 0.804. The van der Waals surface area contributed by atoms with E-state index < -0.39 is 0 Å². The van der Waals surface area contributed by atoms with Gasteiger partial charge < -0.3 is 25.2 Å². The Hall–Kier alpha value is -1.31. The summed E-state index contributed by atoms with van der Waals surface area (Å²) in [6.45, 7) is 8.63. The van der Waals surface area contributed by atoms with E-state index in [4.69, 9.17) is 14.6 Å². The van der Waals surface area contributed by atoms with Crippen LogP contribution in [0.25, 0.3) is 0 Å². The number of hydrogen-bond donors (Lipinski definition) is 3. The van der Waals surface area contributed by atoms with Crippen molar-refractivity contribution in [1.29, 1.82) is 0 Å². The van der Waals surface area contributed by atoms with Gasteiger partial charge in [-0.2, -0.15) is 0 Å². The van der Waals surface area contributed by atoms with Gasteiger partial charge in [-0.3, -0.25) is 0 Å². The number of benzene rings is 1. The minimum atomic E-state index is -0.233. The van der Waals surface area contributed by atoms with Crippen molar-refractivity contribution in [2.24, 2.45) is 0 Å². The van der Waals surface area contributed by atoms with Crippen LogP contribution >= 0.6 is 15.9 Å². The molecule has 6 nitrogen and oxygen atoms in total. The van der Waals surface area contributed by atoms with Crippen molar-refractivity contribution >= 4 is 22.0 Å². The van der Waals surface area contributed by atoms with E-state index in [0.717, 1.165) is 10.2 Å². The van der Waals surface area contributed by atoms with Gasteiger partial charge >= 0.3 is 6.03 Å². The first-order valence-electron chi connectivity index (χ1n) is 8.47. The third-order valence-electron chi connectivity index (χ3n) is 3.43. The van der Waals surface area contributed by atoms with Crippen LogP contribution in [0.3, 0.4) is 0 Å². The molecule has 0 bridgehead atoms. The van der Waals surface area contributed by atoms with Crippen LogP contribution in [0.2, 0.25) is 0 Å². The lowest BCUT2D eigenvalue weighted by molar-refractivity contribution is 0.0947. The smallest absolute Gasteiger partial charge is 0.314 e. The third kappa shape index (κ3) is 9.09. The molecule has 0 aromatic heterocycles. The van der Waals surface area contributed by atoms with Crippen molar-refractivity contribution < 1.29 is 19.4 Å². The van der Waals surface area contributed by atoms with Crippen LogP contribution in [0.4, 0.5) is 4.79 Å². The number of halogens is 1. The number of aliphatic hydroxyl groups is 1. The largest absolute Gasteiger partial charge is 0.492 e. The monoisotopic (exact) mass is 416 g/mol. The van der Waals surface area contributed by atoms with Gasteiger partial charge in [-0.25, -0.2) is 4.79 Å². The molecule has 0 aliphatic heterocycles. The number of amides is 2. The van der Waals surface area contributed by atoms with Gasteiger partial charge in [-0.05, 0) is 45.5 Å². The predicted octanol–water partition coefficient (Wildman–Crippen LogP) is 2.82. The fourth-order valence-corrected chi connectivity index (χ4v) is 2.50. The Bertz CT molecular complexity index is 532. The number of carbonyl (C=O) groups is 1. The van der Waals surface area contributed by atoms with Crippen LogP contribution in [0.5, 0.6) is 5.75 Å². The maximum Gasteiger partial charge on any atom is 0.314 e. The third-order valence-corrected chi connectivity index (χ3v) is 4.05. The molecule has 25 heavy (non-hydrogen) atoms. The lowest BCUT2D eigenvalue weighted by Crippen LogP contribution is -2.38. The fourth-order valence-electron chi connectivity index (χ4n) is 2.01. The summed E-state index contributed by atoms with van der Waals surface area (Å²) in [5.41, 5.74) is 1.34. The van der Waals surface area contributed by atoms with E-state index in [1.54, 1.807) is 0 Å². The highest BCUT2D eigenvalue weighted by Gasteiger charge is 2.15. The summed E-state index contributed by atoms with van der Waals surface area (Å²) in [4.78, 5) is 11.5. The molecule has 2 amide bonds. The number of urea groups is 1. The first kappa shape index (κ1) is 21.7. The number of ether oxygens (including phenoxy) is 2. The van der Waals surface area contributed by atoms with Gasteiger partial charge in [0.1, 0.15) is 5.75 Å². The summed E-state index contributed by atoms with van der Waals surface area (Å²) < 4.78 is 11.7. The van der Waals surface area contributed by atoms with E-state index in [9.17, 15) is 4.79 Å². The molecule has 1 aromatic carbocycles. The van der Waals surface area contributed by atoms with Crippen molar-refractivity contribution in [3.63, 3.8) is 0 Å². The van der Waals surface area contributed by atoms with E-state index in [0.29, 0.717) is 32.7 Å². The van der Waals surface area contributed by atoms with E-state index in [-0.39, 0.29) is 24.7 Å². The fraction of sp³-hybridized carbons (Fsp3) is 0.611. The highest BCUT2D eigenvalue weighted by Crippen LogP contribution is 2.31. The van der Waals surface area contributed by atoms with E-state index >= 15 is 0 Å². The molecular weight excluding hydrogens is 388 g/mol. The van der Waals surface area contributed by atoms with Crippen LogP contribution in [0.15, 0.2) is 22.7 Å². The lowest BCUT2D eigenvalue weighted by Gasteiger charge is -2.20. The molecule has 0 saturated heterocycles. The van der Waals surface area contributed by atoms with Crippen molar-refractivity contribution in [1.82, 2.24) is 10.6 Å². The molecule has 0 heterocycles. The summed E-state index contributed by atoms with van der Waals surface area (Å²) in [5, 5.41) is 14.0. The van der Waals surface area contributed by atoms with Gasteiger partial charge in [0.25, 0.3) is 0 Å². The summed E-state index contributed by atoms with van der Waals surface area (Å²) in [7, 11) is 0. The number of carbonyl (C=O) groups excluding carboxylic acids is 1. The van der Waals surface area contributed by atoms with E-state index in [2.05, 4.69) is 59.5 Å². The summed E-state index contributed by atoms with van der Waals surface area (Å²) in [6, 6.07) is 5.89. The summed E-state index contributed by atoms with van der Waals surface area (Å²) in [6.07, 6.45) is 0.710. The van der Waals surface area contributed by atoms with Crippen molar-refractivity contribution in [2.45, 2.75) is 32.6 Å². The first-order chi connectivity index (χ1) is 11.8. The van der Waals surface area contributed by atoms with Crippen LogP contribution in [-0.2, 0) is 10.2 Å². The maximum atomic E-state index is 11.5. The lowest BCUT2D eigenvalue weighted by atomic mass is 9.87. The second-order valence-electron chi connectivity index (χ2n) is 6.62. The van der Waals surface area contributed by atoms with Gasteiger partial charge in [0.15, 0.2) is 0 Å². The molecule has 0 atom stereocenters. The van der Waals surface area contributed by atoms with Gasteiger partial charge in [0.2, 0.25) is 0 Å². The molecule has 0 radical (unpaired) electrons. The number of rotatable bonds is 10. The Morgan fingerprint density at radius 3 is 2.52 bits per heavy atom. The molecule has 0 aliphatic rings. The zero-order valence-electron chi connectivity index (χ0n) is 15.2. The molecule has 7 heteroatoms. The maximum absolute atomic E-state index is 11.5. The highest BCUT2D eigenvalue weighted by molar-refractivity contribution is 9.10. The SMILES string of the molecule is CC(C)(C)c1ccc(OCCCNC(=O)NCCOCCO)c(Br)c1. The van der Waals surface area contributed by atoms with Gasteiger partial charge in [0, 0.05) is 13.1 Å². The standard InChI is InChI=1S/C18H29BrN2O4/c1-18(2,3)14-5-6-16(15(19)13-14)25-10-4-7-20-17(23)21-8-11-24-12-9-22/h5-6,13,22H,4,7-12H2,1-3H3,(H2,20,21,23). The molecule has 142 valence electrons. The van der Waals surface area contributed by atoms with E-state index in [1.165, 1.54) is 5.56 Å². The number of nitrogens with one attached hydrogen (secondary N) is 2. The molecule has 0 saturated carbocycles. The Morgan fingerprint density at radius 1 is 1.16 bits per heavy atom. The van der Waals surface area contributed by atoms with Crippen LogP contribution in [0, 0.1) is 0 Å². The Labute approximate surface area is 158 Å². The average Bonchev–Trinajstić information content (AvgIpc) is 2.54. The van der Waals surface area contributed by atoms with Crippen LogP contribution in [0.1, 0.15) is 32.8 Å². The molecule has 1 rings (SSSR count). The van der Waals surface area contributed by atoms with Gasteiger partial charge in [-0.1, -0.05) is 26.8 Å². The average molecular weight is 417 g/mol. The van der Waals surface area contributed by atoms with Crippen LogP contribution < -0.4 is 15.4 Å². The molecule has 3 N–H and O–H groups in total. The summed E-state index contributed by atoms with van der Waals surface area (Å²) >= 11 is 3.55. The van der Waals surface area contributed by atoms with Crippen molar-refractivity contribution in [3.8, 4) is 5.75 Å². The van der Waals surface area contributed by atoms with Gasteiger partial charge in [0.05, 0.1) is 30.9 Å². The normalized spacial score (nSPS) is 11.2. The molecule has 0 fully saturated rings. The first-order valence-corrected chi connectivity index (χ1v) is 9.27. The second-order valence-corrected chi connectivity index (χ2v) is 7.47.